The second kappa shape index (κ2) is 7.93. The van der Waals surface area contributed by atoms with Crippen LogP contribution >= 0.6 is 11.6 Å². The Balaban J connectivity index is 1.86. The fraction of sp³-hybridized carbons (Fsp3) is 0.120. The van der Waals surface area contributed by atoms with E-state index in [0.717, 1.165) is 22.2 Å². The topological polar surface area (TPSA) is 56.1 Å². The summed E-state index contributed by atoms with van der Waals surface area (Å²) in [5.74, 6) is 0.264. The van der Waals surface area contributed by atoms with Gasteiger partial charge in [0.05, 0.1) is 35.0 Å². The first kappa shape index (κ1) is 19.4. The molecule has 0 fully saturated rings. The normalized spacial score (nSPS) is 15.5. The van der Waals surface area contributed by atoms with Crippen molar-refractivity contribution in [3.63, 3.8) is 0 Å². The number of hydrogen-bond donors (Lipinski definition) is 1. The highest BCUT2D eigenvalue weighted by molar-refractivity contribution is 6.31. The average molecular weight is 430 g/mol. The maximum atomic E-state index is 13.3. The molecule has 1 atom stereocenters. The number of carbonyl (C=O) groups is 1. The molecule has 5 rings (SSSR count). The average Bonchev–Trinajstić information content (AvgIpc) is 3.17. The number of benzene rings is 3. The van der Waals surface area contributed by atoms with E-state index in [1.54, 1.807) is 6.92 Å². The lowest BCUT2D eigenvalue weighted by Gasteiger charge is -2.31. The molecule has 1 aliphatic rings. The van der Waals surface area contributed by atoms with Crippen LogP contribution in [-0.2, 0) is 9.53 Å². The van der Waals surface area contributed by atoms with Crippen molar-refractivity contribution in [1.29, 1.82) is 0 Å². The molecule has 1 aliphatic heterocycles. The minimum Gasteiger partial charge on any atom is -0.463 e. The van der Waals surface area contributed by atoms with Crippen molar-refractivity contribution in [3.8, 4) is 0 Å². The van der Waals surface area contributed by atoms with Crippen LogP contribution in [-0.4, -0.2) is 22.1 Å². The van der Waals surface area contributed by atoms with Gasteiger partial charge in [0.25, 0.3) is 0 Å². The molecule has 0 amide bonds. The Morgan fingerprint density at radius 1 is 1.03 bits per heavy atom. The Hall–Kier alpha value is -3.57. The Morgan fingerprint density at radius 2 is 1.74 bits per heavy atom. The lowest BCUT2D eigenvalue weighted by Crippen LogP contribution is -2.29. The molecule has 5 nitrogen and oxygen atoms in total. The Morgan fingerprint density at radius 3 is 2.52 bits per heavy atom. The summed E-state index contributed by atoms with van der Waals surface area (Å²) >= 11 is 6.65. The summed E-state index contributed by atoms with van der Waals surface area (Å²) in [5.41, 5.74) is 4.60. The number of para-hydroxylation sites is 2. The van der Waals surface area contributed by atoms with Crippen molar-refractivity contribution in [2.75, 3.05) is 11.9 Å². The standard InChI is InChI=1S/C25H20ClN3O2/c1-2-31-24(30)21-22(16-10-4-3-5-11-16)28-25-27-19-14-8-9-15-20(19)29(25)23(21)17-12-6-7-13-18(17)26/h3-15,23H,2H2,1H3,(H,27,28)/t23-/m1/s1. The van der Waals surface area contributed by atoms with Crippen LogP contribution in [0.3, 0.4) is 0 Å². The van der Waals surface area contributed by atoms with E-state index < -0.39 is 6.04 Å². The fourth-order valence-corrected chi connectivity index (χ4v) is 4.32. The molecule has 0 aliphatic carbocycles. The zero-order chi connectivity index (χ0) is 21.4. The number of esters is 1. The second-order valence-corrected chi connectivity index (χ2v) is 7.63. The van der Waals surface area contributed by atoms with Crippen LogP contribution < -0.4 is 5.32 Å². The molecule has 4 aromatic rings. The van der Waals surface area contributed by atoms with Crippen molar-refractivity contribution < 1.29 is 9.53 Å². The van der Waals surface area contributed by atoms with Gasteiger partial charge in [0, 0.05) is 5.02 Å². The van der Waals surface area contributed by atoms with Crippen LogP contribution in [0.2, 0.25) is 5.02 Å². The molecule has 0 saturated carbocycles. The van der Waals surface area contributed by atoms with Crippen molar-refractivity contribution >= 4 is 40.2 Å². The van der Waals surface area contributed by atoms with Gasteiger partial charge in [-0.1, -0.05) is 72.3 Å². The largest absolute Gasteiger partial charge is 0.463 e. The van der Waals surface area contributed by atoms with E-state index in [0.29, 0.717) is 22.2 Å². The highest BCUT2D eigenvalue weighted by Gasteiger charge is 2.37. The number of anilines is 1. The molecular weight excluding hydrogens is 410 g/mol. The van der Waals surface area contributed by atoms with Crippen molar-refractivity contribution in [2.45, 2.75) is 13.0 Å². The maximum absolute atomic E-state index is 13.3. The number of imidazole rings is 1. The van der Waals surface area contributed by atoms with E-state index >= 15 is 0 Å². The monoisotopic (exact) mass is 429 g/mol. The third-order valence-corrected chi connectivity index (χ3v) is 5.74. The summed E-state index contributed by atoms with van der Waals surface area (Å²) in [5, 5.41) is 3.98. The van der Waals surface area contributed by atoms with Crippen LogP contribution in [0.15, 0.2) is 84.4 Å². The number of carbonyl (C=O) groups excluding carboxylic acids is 1. The summed E-state index contributed by atoms with van der Waals surface area (Å²) in [6.07, 6.45) is 0. The molecule has 2 heterocycles. The zero-order valence-electron chi connectivity index (χ0n) is 16.9. The first-order chi connectivity index (χ1) is 15.2. The van der Waals surface area contributed by atoms with E-state index in [4.69, 9.17) is 21.3 Å². The first-order valence-corrected chi connectivity index (χ1v) is 10.5. The lowest BCUT2D eigenvalue weighted by molar-refractivity contribution is -0.138. The summed E-state index contributed by atoms with van der Waals surface area (Å²) in [4.78, 5) is 18.1. The molecule has 1 aromatic heterocycles. The molecule has 1 N–H and O–H groups in total. The lowest BCUT2D eigenvalue weighted by atomic mass is 9.92. The van der Waals surface area contributed by atoms with Gasteiger partial charge >= 0.3 is 5.97 Å². The summed E-state index contributed by atoms with van der Waals surface area (Å²) < 4.78 is 7.54. The van der Waals surface area contributed by atoms with E-state index in [1.807, 2.05) is 83.4 Å². The Labute approximate surface area is 184 Å². The number of hydrogen-bond acceptors (Lipinski definition) is 4. The molecule has 0 unspecified atom stereocenters. The van der Waals surface area contributed by atoms with Crippen LogP contribution in [0.4, 0.5) is 5.95 Å². The third kappa shape index (κ3) is 3.27. The molecule has 0 spiro atoms. The molecule has 0 bridgehead atoms. The minimum absolute atomic E-state index is 0.275. The number of halogens is 1. The number of rotatable bonds is 4. The highest BCUT2D eigenvalue weighted by atomic mass is 35.5. The van der Waals surface area contributed by atoms with E-state index in [-0.39, 0.29) is 12.6 Å². The molecule has 0 radical (unpaired) electrons. The predicted molar refractivity (Wildman–Crippen MR) is 123 cm³/mol. The van der Waals surface area contributed by atoms with Gasteiger partial charge in [0.15, 0.2) is 0 Å². The van der Waals surface area contributed by atoms with Gasteiger partial charge in [-0.3, -0.25) is 4.57 Å². The highest BCUT2D eigenvalue weighted by Crippen LogP contribution is 2.43. The van der Waals surface area contributed by atoms with Gasteiger partial charge < -0.3 is 10.1 Å². The molecule has 31 heavy (non-hydrogen) atoms. The third-order valence-electron chi connectivity index (χ3n) is 5.39. The summed E-state index contributed by atoms with van der Waals surface area (Å²) in [6, 6.07) is 24.7. The first-order valence-electron chi connectivity index (χ1n) is 10.1. The maximum Gasteiger partial charge on any atom is 0.338 e. The van der Waals surface area contributed by atoms with E-state index in [1.165, 1.54) is 0 Å². The number of fused-ring (bicyclic) bond motifs is 3. The molecule has 154 valence electrons. The zero-order valence-corrected chi connectivity index (χ0v) is 17.6. The molecular formula is C25H20ClN3O2. The predicted octanol–water partition coefficient (Wildman–Crippen LogP) is 5.68. The SMILES string of the molecule is CCOC(=O)C1=C(c2ccccc2)Nc2nc3ccccc3n2[C@@H]1c1ccccc1Cl. The summed E-state index contributed by atoms with van der Waals surface area (Å²) in [6.45, 7) is 2.08. The second-order valence-electron chi connectivity index (χ2n) is 7.22. The number of nitrogens with one attached hydrogen (secondary N) is 1. The fourth-order valence-electron chi connectivity index (χ4n) is 4.09. The van der Waals surface area contributed by atoms with Crippen molar-refractivity contribution in [3.05, 3.63) is 101 Å². The van der Waals surface area contributed by atoms with Crippen molar-refractivity contribution in [2.24, 2.45) is 0 Å². The minimum atomic E-state index is -0.494. The van der Waals surface area contributed by atoms with Gasteiger partial charge in [0.2, 0.25) is 5.95 Å². The van der Waals surface area contributed by atoms with Crippen LogP contribution in [0.5, 0.6) is 0 Å². The molecule has 3 aromatic carbocycles. The molecule has 6 heteroatoms. The number of aromatic nitrogens is 2. The van der Waals surface area contributed by atoms with Gasteiger partial charge in [-0.2, -0.15) is 0 Å². The van der Waals surface area contributed by atoms with E-state index in [2.05, 4.69) is 5.32 Å². The van der Waals surface area contributed by atoms with E-state index in [9.17, 15) is 4.79 Å². The Bertz CT molecular complexity index is 1310. The van der Waals surface area contributed by atoms with Gasteiger partial charge in [-0.25, -0.2) is 9.78 Å². The molecule has 0 saturated heterocycles. The van der Waals surface area contributed by atoms with Crippen LogP contribution in [0.25, 0.3) is 16.7 Å². The number of ether oxygens (including phenoxy) is 1. The Kier molecular flexibility index (Phi) is 4.96. The quantitative estimate of drug-likeness (QED) is 0.424. The number of nitrogens with zero attached hydrogens (tertiary/aromatic N) is 2. The van der Waals surface area contributed by atoms with Crippen molar-refractivity contribution in [1.82, 2.24) is 9.55 Å². The van der Waals surface area contributed by atoms with Gasteiger partial charge in [-0.05, 0) is 36.2 Å². The smallest absolute Gasteiger partial charge is 0.338 e. The van der Waals surface area contributed by atoms with Crippen LogP contribution in [0.1, 0.15) is 24.1 Å². The van der Waals surface area contributed by atoms with Crippen LogP contribution in [0, 0.1) is 0 Å². The van der Waals surface area contributed by atoms with Gasteiger partial charge in [0.1, 0.15) is 0 Å². The van der Waals surface area contributed by atoms with Gasteiger partial charge in [-0.15, -0.1) is 0 Å². The summed E-state index contributed by atoms with van der Waals surface area (Å²) in [7, 11) is 0.